The number of carbonyl (C=O) groups is 1. The van der Waals surface area contributed by atoms with E-state index in [0.717, 1.165) is 16.9 Å². The summed E-state index contributed by atoms with van der Waals surface area (Å²) in [5, 5.41) is 0.646. The molecule has 0 spiro atoms. The second kappa shape index (κ2) is 8.76. The predicted molar refractivity (Wildman–Crippen MR) is 123 cm³/mol. The molecule has 170 valence electrons. The maximum atomic E-state index is 14.5. The van der Waals surface area contributed by atoms with Crippen LogP contribution in [0.4, 0.5) is 10.1 Å². The molecule has 0 radical (unpaired) electrons. The number of para-hydroxylation sites is 1. The maximum absolute atomic E-state index is 14.5. The number of morpholine rings is 1. The van der Waals surface area contributed by atoms with Crippen LogP contribution in [0.1, 0.15) is 16.2 Å². The van der Waals surface area contributed by atoms with Crippen LogP contribution in [0.15, 0.2) is 42.6 Å². The van der Waals surface area contributed by atoms with Gasteiger partial charge >= 0.3 is 0 Å². The van der Waals surface area contributed by atoms with Gasteiger partial charge in [0.2, 0.25) is 0 Å². The van der Waals surface area contributed by atoms with Gasteiger partial charge in [-0.3, -0.25) is 14.3 Å². The van der Waals surface area contributed by atoms with Gasteiger partial charge in [0.25, 0.3) is 5.91 Å². The highest BCUT2D eigenvalue weighted by Crippen LogP contribution is 2.32. The van der Waals surface area contributed by atoms with Gasteiger partial charge < -0.3 is 20.1 Å². The standard InChI is InChI=1S/C24H24FN5O3/c1-32-10-6-21-28-23-17(24(26)31)13-15(29-8-11-33-12-9-29)14-20(23)30(21)19-5-7-27-22-16(19)3-2-4-18(22)25/h2-5,7,13-14H,6,8-12H2,1H3,(H2,26,31). The smallest absolute Gasteiger partial charge is 0.251 e. The van der Waals surface area contributed by atoms with Crippen molar-refractivity contribution >= 4 is 33.5 Å². The molecule has 2 aromatic carbocycles. The minimum atomic E-state index is -0.552. The van der Waals surface area contributed by atoms with Crippen molar-refractivity contribution in [2.45, 2.75) is 6.42 Å². The molecule has 0 atom stereocenters. The highest BCUT2D eigenvalue weighted by molar-refractivity contribution is 6.06. The Bertz CT molecular complexity index is 1350. The molecule has 1 saturated heterocycles. The van der Waals surface area contributed by atoms with Gasteiger partial charge in [0.05, 0.1) is 36.6 Å². The van der Waals surface area contributed by atoms with Gasteiger partial charge in [-0.1, -0.05) is 12.1 Å². The number of primary amides is 1. The summed E-state index contributed by atoms with van der Waals surface area (Å²) >= 11 is 0. The summed E-state index contributed by atoms with van der Waals surface area (Å²) < 4.78 is 27.2. The van der Waals surface area contributed by atoms with Crippen LogP contribution in [0.3, 0.4) is 0 Å². The third-order valence-electron chi connectivity index (χ3n) is 5.93. The van der Waals surface area contributed by atoms with E-state index >= 15 is 0 Å². The highest BCUT2D eigenvalue weighted by Gasteiger charge is 2.22. The van der Waals surface area contributed by atoms with Crippen molar-refractivity contribution in [2.75, 3.05) is 44.9 Å². The number of aromatic nitrogens is 3. The molecule has 33 heavy (non-hydrogen) atoms. The summed E-state index contributed by atoms with van der Waals surface area (Å²) in [6, 6.07) is 10.5. The summed E-state index contributed by atoms with van der Waals surface area (Å²) in [5.74, 6) is -0.266. The zero-order valence-corrected chi connectivity index (χ0v) is 18.3. The lowest BCUT2D eigenvalue weighted by molar-refractivity contribution is 0.100. The molecule has 1 aliphatic rings. The third-order valence-corrected chi connectivity index (χ3v) is 5.93. The number of anilines is 1. The van der Waals surface area contributed by atoms with E-state index in [-0.39, 0.29) is 5.52 Å². The van der Waals surface area contributed by atoms with Crippen molar-refractivity contribution in [3.63, 3.8) is 0 Å². The van der Waals surface area contributed by atoms with Crippen LogP contribution < -0.4 is 10.6 Å². The van der Waals surface area contributed by atoms with Crippen molar-refractivity contribution in [3.05, 3.63) is 59.8 Å². The first kappa shape index (κ1) is 21.3. The molecule has 0 bridgehead atoms. The maximum Gasteiger partial charge on any atom is 0.251 e. The van der Waals surface area contributed by atoms with Crippen molar-refractivity contribution in [1.29, 1.82) is 0 Å². The molecule has 1 fully saturated rings. The van der Waals surface area contributed by atoms with Crippen LogP contribution in [-0.4, -0.2) is 60.5 Å². The lowest BCUT2D eigenvalue weighted by Gasteiger charge is -2.29. The van der Waals surface area contributed by atoms with Gasteiger partial charge in [-0.2, -0.15) is 0 Å². The normalized spacial score (nSPS) is 14.3. The predicted octanol–water partition coefficient (Wildman–Crippen LogP) is 2.84. The van der Waals surface area contributed by atoms with Gasteiger partial charge in [-0.25, -0.2) is 9.37 Å². The van der Waals surface area contributed by atoms with Crippen LogP contribution >= 0.6 is 0 Å². The first-order valence-electron chi connectivity index (χ1n) is 10.8. The Labute approximate surface area is 189 Å². The number of fused-ring (bicyclic) bond motifs is 2. The van der Waals surface area contributed by atoms with Crippen molar-refractivity contribution in [2.24, 2.45) is 5.73 Å². The molecule has 5 rings (SSSR count). The van der Waals surface area contributed by atoms with Crippen LogP contribution in [0.5, 0.6) is 0 Å². The largest absolute Gasteiger partial charge is 0.384 e. The number of methoxy groups -OCH3 is 1. The number of hydrogen-bond donors (Lipinski definition) is 1. The molecule has 3 heterocycles. The Morgan fingerprint density at radius 2 is 2.03 bits per heavy atom. The van der Waals surface area contributed by atoms with E-state index in [2.05, 4.69) is 9.88 Å². The molecule has 0 unspecified atom stereocenters. The molecule has 0 saturated carbocycles. The van der Waals surface area contributed by atoms with Gasteiger partial charge in [0.1, 0.15) is 22.7 Å². The molecule has 4 aromatic rings. The number of benzene rings is 2. The summed E-state index contributed by atoms with van der Waals surface area (Å²) in [7, 11) is 1.62. The molecule has 1 aliphatic heterocycles. The minimum absolute atomic E-state index is 0.272. The molecule has 2 aromatic heterocycles. The monoisotopic (exact) mass is 449 g/mol. The summed E-state index contributed by atoms with van der Waals surface area (Å²) in [4.78, 5) is 23.6. The molecule has 8 nitrogen and oxygen atoms in total. The molecule has 2 N–H and O–H groups in total. The number of hydrogen-bond acceptors (Lipinski definition) is 6. The molecular formula is C24H24FN5O3. The number of pyridine rings is 1. The first-order chi connectivity index (χ1) is 16.1. The summed E-state index contributed by atoms with van der Waals surface area (Å²) in [6.07, 6.45) is 2.07. The number of imidazole rings is 1. The Kier molecular flexibility index (Phi) is 5.65. The van der Waals surface area contributed by atoms with E-state index in [4.69, 9.17) is 20.2 Å². The summed E-state index contributed by atoms with van der Waals surface area (Å²) in [5.41, 5.74) is 9.20. The van der Waals surface area contributed by atoms with E-state index < -0.39 is 11.7 Å². The van der Waals surface area contributed by atoms with Crippen LogP contribution in [0.25, 0.3) is 27.6 Å². The van der Waals surface area contributed by atoms with Gasteiger partial charge in [0.15, 0.2) is 0 Å². The molecule has 9 heteroatoms. The summed E-state index contributed by atoms with van der Waals surface area (Å²) in [6.45, 7) is 3.06. The minimum Gasteiger partial charge on any atom is -0.384 e. The number of carbonyl (C=O) groups excluding carboxylic acids is 1. The lowest BCUT2D eigenvalue weighted by Crippen LogP contribution is -2.36. The number of amides is 1. The van der Waals surface area contributed by atoms with Crippen LogP contribution in [0, 0.1) is 5.82 Å². The number of nitrogens with zero attached hydrogens (tertiary/aromatic N) is 4. The first-order valence-corrected chi connectivity index (χ1v) is 10.8. The number of ether oxygens (including phenoxy) is 2. The molecule has 0 aliphatic carbocycles. The van der Waals surface area contributed by atoms with Gasteiger partial charge in [-0.15, -0.1) is 0 Å². The van der Waals surface area contributed by atoms with Gasteiger partial charge in [0, 0.05) is 43.9 Å². The van der Waals surface area contributed by atoms with Crippen molar-refractivity contribution in [1.82, 2.24) is 14.5 Å². The SMILES string of the molecule is COCCc1nc2c(C(N)=O)cc(N3CCOCC3)cc2n1-c1ccnc2c(F)cccc12. The zero-order chi connectivity index (χ0) is 22.9. The van der Waals surface area contributed by atoms with Gasteiger partial charge in [-0.05, 0) is 24.3 Å². The Hall–Kier alpha value is -3.56. The second-order valence-electron chi connectivity index (χ2n) is 7.90. The fourth-order valence-electron chi connectivity index (χ4n) is 4.35. The van der Waals surface area contributed by atoms with Crippen LogP contribution in [-0.2, 0) is 15.9 Å². The Balaban J connectivity index is 1.82. The van der Waals surface area contributed by atoms with E-state index in [1.807, 2.05) is 22.8 Å². The fraction of sp³-hybridized carbons (Fsp3) is 0.292. The molecule has 1 amide bonds. The topological polar surface area (TPSA) is 95.5 Å². The van der Waals surface area contributed by atoms with E-state index in [1.54, 1.807) is 25.4 Å². The lowest BCUT2D eigenvalue weighted by atomic mass is 10.1. The average Bonchev–Trinajstić information content (AvgIpc) is 3.20. The van der Waals surface area contributed by atoms with E-state index in [0.29, 0.717) is 61.6 Å². The highest BCUT2D eigenvalue weighted by atomic mass is 19.1. The fourth-order valence-corrected chi connectivity index (χ4v) is 4.35. The van der Waals surface area contributed by atoms with Crippen LogP contribution in [0.2, 0.25) is 0 Å². The third kappa shape index (κ3) is 3.79. The molecular weight excluding hydrogens is 425 g/mol. The number of nitrogens with two attached hydrogens (primary N) is 1. The number of rotatable bonds is 6. The number of halogens is 1. The van der Waals surface area contributed by atoms with Crippen molar-refractivity contribution < 1.29 is 18.7 Å². The Morgan fingerprint density at radius 1 is 1.21 bits per heavy atom. The Morgan fingerprint density at radius 3 is 2.79 bits per heavy atom. The van der Waals surface area contributed by atoms with E-state index in [9.17, 15) is 9.18 Å². The van der Waals surface area contributed by atoms with E-state index in [1.165, 1.54) is 6.07 Å². The average molecular weight is 449 g/mol. The second-order valence-corrected chi connectivity index (χ2v) is 7.90. The van der Waals surface area contributed by atoms with Crippen molar-refractivity contribution in [3.8, 4) is 5.69 Å². The zero-order valence-electron chi connectivity index (χ0n) is 18.3. The quantitative estimate of drug-likeness (QED) is 0.486.